The number of nitrogens with one attached hydrogen (secondary N) is 2. The van der Waals surface area contributed by atoms with Crippen molar-refractivity contribution in [1.29, 1.82) is 0 Å². The van der Waals surface area contributed by atoms with E-state index >= 15 is 0 Å². The maximum atomic E-state index is 12.8. The molecule has 29 heavy (non-hydrogen) atoms. The molecule has 8 heteroatoms. The van der Waals surface area contributed by atoms with Crippen LogP contribution in [0.4, 0.5) is 0 Å². The number of aromatic amines is 1. The summed E-state index contributed by atoms with van der Waals surface area (Å²) in [4.78, 5) is 29.6. The van der Waals surface area contributed by atoms with Crippen LogP contribution in [-0.2, 0) is 16.0 Å². The number of carbonyl (C=O) groups excluding carboxylic acids is 2. The molecule has 2 saturated heterocycles. The Morgan fingerprint density at radius 3 is 2.66 bits per heavy atom. The number of aryl methyl sites for hydroxylation is 1. The van der Waals surface area contributed by atoms with Crippen molar-refractivity contribution >= 4 is 11.8 Å². The zero-order valence-electron chi connectivity index (χ0n) is 17.4. The van der Waals surface area contributed by atoms with E-state index in [1.54, 1.807) is 0 Å². The highest BCUT2D eigenvalue weighted by atomic mass is 16.5. The predicted molar refractivity (Wildman–Crippen MR) is 109 cm³/mol. The van der Waals surface area contributed by atoms with Gasteiger partial charge in [-0.25, -0.2) is 0 Å². The molecule has 0 aromatic carbocycles. The highest BCUT2D eigenvalue weighted by Gasteiger charge is 2.38. The molecule has 0 spiro atoms. The van der Waals surface area contributed by atoms with Gasteiger partial charge in [0.25, 0.3) is 5.91 Å². The number of carbonyl (C=O) groups is 2. The van der Waals surface area contributed by atoms with Crippen LogP contribution in [0.3, 0.4) is 0 Å². The second-order valence-corrected chi connectivity index (χ2v) is 8.56. The van der Waals surface area contributed by atoms with Gasteiger partial charge >= 0.3 is 0 Å². The van der Waals surface area contributed by atoms with Crippen LogP contribution in [0.15, 0.2) is 6.07 Å². The van der Waals surface area contributed by atoms with Crippen LogP contribution in [0.25, 0.3) is 0 Å². The third kappa shape index (κ3) is 5.17. The summed E-state index contributed by atoms with van der Waals surface area (Å²) in [5.41, 5.74) is 1.42. The van der Waals surface area contributed by atoms with Crippen LogP contribution in [-0.4, -0.2) is 83.3 Å². The maximum absolute atomic E-state index is 12.8. The molecule has 3 heterocycles. The first-order valence-corrected chi connectivity index (χ1v) is 11.1. The Hall–Kier alpha value is -1.93. The number of aromatic nitrogens is 2. The van der Waals surface area contributed by atoms with Crippen molar-refractivity contribution in [2.75, 3.05) is 39.4 Å². The molecule has 2 atom stereocenters. The minimum absolute atomic E-state index is 0.125. The highest BCUT2D eigenvalue weighted by Crippen LogP contribution is 2.35. The standard InChI is InChI=1S/C21H33N5O3/c1-2-16-11-19(24-23-16)21(28)22-13-18-6-5-17(26(18)14-15-3-4-15)12-20(27)25-7-9-29-10-8-25/h11,15,17-18H,2-10,12-14H2,1H3,(H,22,28)(H,23,24)/t17-,18+/m1/s1. The highest BCUT2D eigenvalue weighted by molar-refractivity contribution is 5.92. The number of amides is 2. The molecule has 0 radical (unpaired) electrons. The summed E-state index contributed by atoms with van der Waals surface area (Å²) in [6.07, 6.45) is 6.02. The van der Waals surface area contributed by atoms with E-state index in [2.05, 4.69) is 20.4 Å². The average molecular weight is 404 g/mol. The lowest BCUT2D eigenvalue weighted by atomic mass is 10.1. The Morgan fingerprint density at radius 1 is 1.21 bits per heavy atom. The Balaban J connectivity index is 1.32. The topological polar surface area (TPSA) is 90.6 Å². The summed E-state index contributed by atoms with van der Waals surface area (Å²) in [6.45, 7) is 6.38. The van der Waals surface area contributed by atoms with E-state index < -0.39 is 0 Å². The molecule has 2 aliphatic heterocycles. The SMILES string of the molecule is CCc1cc(C(=O)NC[C@@H]2CC[C@H](CC(=O)N3CCOCC3)N2CC2CC2)n[nH]1. The predicted octanol–water partition coefficient (Wildman–Crippen LogP) is 1.19. The van der Waals surface area contributed by atoms with Gasteiger partial charge < -0.3 is 15.0 Å². The molecule has 3 aliphatic rings. The Bertz CT molecular complexity index is 711. The third-order valence-electron chi connectivity index (χ3n) is 6.45. The van der Waals surface area contributed by atoms with Gasteiger partial charge in [-0.1, -0.05) is 6.92 Å². The van der Waals surface area contributed by atoms with Crippen LogP contribution in [0.2, 0.25) is 0 Å². The molecule has 1 aromatic heterocycles. The molecule has 2 N–H and O–H groups in total. The van der Waals surface area contributed by atoms with E-state index in [-0.39, 0.29) is 17.9 Å². The monoisotopic (exact) mass is 403 g/mol. The number of H-pyrrole nitrogens is 1. The van der Waals surface area contributed by atoms with Crippen molar-refractivity contribution in [3.05, 3.63) is 17.5 Å². The van der Waals surface area contributed by atoms with E-state index in [0.717, 1.165) is 37.4 Å². The van der Waals surface area contributed by atoms with Gasteiger partial charge in [-0.2, -0.15) is 5.10 Å². The number of rotatable bonds is 8. The first kappa shape index (κ1) is 20.3. The molecule has 2 amide bonds. The van der Waals surface area contributed by atoms with Crippen molar-refractivity contribution in [2.24, 2.45) is 5.92 Å². The van der Waals surface area contributed by atoms with Crippen molar-refractivity contribution in [1.82, 2.24) is 25.3 Å². The fraction of sp³-hybridized carbons (Fsp3) is 0.762. The van der Waals surface area contributed by atoms with Crippen LogP contribution in [0.1, 0.15) is 55.2 Å². The number of likely N-dealkylation sites (tertiary alicyclic amines) is 1. The zero-order chi connectivity index (χ0) is 20.2. The Morgan fingerprint density at radius 2 is 1.97 bits per heavy atom. The fourth-order valence-electron chi connectivity index (χ4n) is 4.45. The molecule has 1 aromatic rings. The molecule has 1 aliphatic carbocycles. The lowest BCUT2D eigenvalue weighted by Crippen LogP contribution is -2.47. The quantitative estimate of drug-likeness (QED) is 0.681. The molecular formula is C21H33N5O3. The summed E-state index contributed by atoms with van der Waals surface area (Å²) < 4.78 is 5.37. The lowest BCUT2D eigenvalue weighted by molar-refractivity contribution is -0.136. The van der Waals surface area contributed by atoms with Gasteiger partial charge in [-0.05, 0) is 44.1 Å². The molecular weight excluding hydrogens is 370 g/mol. The van der Waals surface area contributed by atoms with Gasteiger partial charge in [0.05, 0.1) is 13.2 Å². The number of morpholine rings is 1. The molecule has 0 unspecified atom stereocenters. The van der Waals surface area contributed by atoms with Gasteiger partial charge in [0.2, 0.25) is 5.91 Å². The molecule has 4 rings (SSSR count). The first-order chi connectivity index (χ1) is 14.1. The summed E-state index contributed by atoms with van der Waals surface area (Å²) in [5.74, 6) is 0.873. The average Bonchev–Trinajstić information content (AvgIpc) is 3.30. The van der Waals surface area contributed by atoms with E-state index in [1.807, 2.05) is 17.9 Å². The Kier molecular flexibility index (Phi) is 6.50. The summed E-state index contributed by atoms with van der Waals surface area (Å²) in [6, 6.07) is 2.40. The molecule has 3 fully saturated rings. The van der Waals surface area contributed by atoms with Crippen LogP contribution in [0.5, 0.6) is 0 Å². The van der Waals surface area contributed by atoms with E-state index in [1.165, 1.54) is 12.8 Å². The Labute approximate surface area is 172 Å². The largest absolute Gasteiger partial charge is 0.378 e. The van der Waals surface area contributed by atoms with Crippen molar-refractivity contribution in [2.45, 2.75) is 57.5 Å². The lowest BCUT2D eigenvalue weighted by Gasteiger charge is -2.33. The minimum atomic E-state index is -0.125. The number of nitrogens with zero attached hydrogens (tertiary/aromatic N) is 3. The summed E-state index contributed by atoms with van der Waals surface area (Å²) >= 11 is 0. The number of hydrogen-bond donors (Lipinski definition) is 2. The first-order valence-electron chi connectivity index (χ1n) is 11.1. The van der Waals surface area contributed by atoms with Gasteiger partial charge in [-0.3, -0.25) is 19.6 Å². The molecule has 1 saturated carbocycles. The molecule has 8 nitrogen and oxygen atoms in total. The van der Waals surface area contributed by atoms with Gasteiger partial charge in [0.1, 0.15) is 5.69 Å². The second-order valence-electron chi connectivity index (χ2n) is 8.56. The number of hydrogen-bond acceptors (Lipinski definition) is 5. The van der Waals surface area contributed by atoms with E-state index in [4.69, 9.17) is 4.74 Å². The smallest absolute Gasteiger partial charge is 0.271 e. The summed E-state index contributed by atoms with van der Waals surface area (Å²) in [7, 11) is 0. The van der Waals surface area contributed by atoms with Crippen LogP contribution >= 0.6 is 0 Å². The molecule has 0 bridgehead atoms. The summed E-state index contributed by atoms with van der Waals surface area (Å²) in [5, 5.41) is 10.1. The maximum Gasteiger partial charge on any atom is 0.271 e. The van der Waals surface area contributed by atoms with Crippen molar-refractivity contribution in [3.63, 3.8) is 0 Å². The van der Waals surface area contributed by atoms with Crippen LogP contribution < -0.4 is 5.32 Å². The van der Waals surface area contributed by atoms with E-state index in [0.29, 0.717) is 51.0 Å². The third-order valence-corrected chi connectivity index (χ3v) is 6.45. The minimum Gasteiger partial charge on any atom is -0.378 e. The van der Waals surface area contributed by atoms with Crippen molar-refractivity contribution < 1.29 is 14.3 Å². The normalized spacial score (nSPS) is 25.3. The van der Waals surface area contributed by atoms with E-state index in [9.17, 15) is 9.59 Å². The fourth-order valence-corrected chi connectivity index (χ4v) is 4.45. The van der Waals surface area contributed by atoms with Gasteiger partial charge in [-0.15, -0.1) is 0 Å². The number of ether oxygens (including phenoxy) is 1. The van der Waals surface area contributed by atoms with Crippen molar-refractivity contribution in [3.8, 4) is 0 Å². The molecule has 160 valence electrons. The van der Waals surface area contributed by atoms with Crippen LogP contribution in [0, 0.1) is 5.92 Å². The van der Waals surface area contributed by atoms with Gasteiger partial charge in [0.15, 0.2) is 0 Å². The zero-order valence-corrected chi connectivity index (χ0v) is 17.4. The second kappa shape index (κ2) is 9.26. The van der Waals surface area contributed by atoms with Gasteiger partial charge in [0, 0.05) is 50.4 Å².